The van der Waals surface area contributed by atoms with Crippen LogP contribution < -0.4 is 9.47 Å². The van der Waals surface area contributed by atoms with Crippen molar-refractivity contribution in [2.24, 2.45) is 0 Å². The van der Waals surface area contributed by atoms with Gasteiger partial charge in [-0.3, -0.25) is 9.20 Å². The molecule has 1 aliphatic heterocycles. The van der Waals surface area contributed by atoms with E-state index in [4.69, 9.17) is 14.6 Å². The summed E-state index contributed by atoms with van der Waals surface area (Å²) in [6.07, 6.45) is 1.68. The van der Waals surface area contributed by atoms with E-state index >= 15 is 0 Å². The summed E-state index contributed by atoms with van der Waals surface area (Å²) in [6, 6.07) is 3.70. The number of nitrogens with one attached hydrogen (secondary N) is 1. The quantitative estimate of drug-likeness (QED) is 0.732. The Bertz CT molecular complexity index is 833. The van der Waals surface area contributed by atoms with Crippen LogP contribution in [-0.4, -0.2) is 38.7 Å². The molecule has 0 radical (unpaired) electrons. The van der Waals surface area contributed by atoms with Crippen molar-refractivity contribution >= 4 is 22.8 Å². The molecular formula is C13H11N3O4. The van der Waals surface area contributed by atoms with Gasteiger partial charge in [-0.2, -0.15) is 0 Å². The van der Waals surface area contributed by atoms with Crippen molar-refractivity contribution < 1.29 is 19.4 Å². The summed E-state index contributed by atoms with van der Waals surface area (Å²) in [4.78, 5) is 18.2. The molecule has 0 saturated carbocycles. The molecule has 0 aliphatic carbocycles. The number of hydrogen-bond donors (Lipinski definition) is 2. The lowest BCUT2D eigenvalue weighted by atomic mass is 10.2. The molecule has 3 aromatic rings. The van der Waals surface area contributed by atoms with E-state index in [1.807, 2.05) is 16.5 Å². The van der Waals surface area contributed by atoms with E-state index in [-0.39, 0.29) is 6.42 Å². The summed E-state index contributed by atoms with van der Waals surface area (Å²) < 4.78 is 12.9. The van der Waals surface area contributed by atoms with Gasteiger partial charge in [0.2, 0.25) is 5.78 Å². The van der Waals surface area contributed by atoms with Gasteiger partial charge in [0.05, 0.1) is 17.5 Å². The first-order chi connectivity index (χ1) is 9.70. The summed E-state index contributed by atoms with van der Waals surface area (Å²) in [5, 5.41) is 8.81. The molecule has 20 heavy (non-hydrogen) atoms. The van der Waals surface area contributed by atoms with Crippen LogP contribution in [0.5, 0.6) is 11.5 Å². The van der Waals surface area contributed by atoms with Crippen LogP contribution in [0, 0.1) is 0 Å². The van der Waals surface area contributed by atoms with Gasteiger partial charge in [-0.25, -0.2) is 4.98 Å². The number of hydrogen-bond acceptors (Lipinski definition) is 4. The fourth-order valence-electron chi connectivity index (χ4n) is 2.44. The lowest BCUT2D eigenvalue weighted by molar-refractivity contribution is -0.136. The number of carboxylic acids is 1. The Kier molecular flexibility index (Phi) is 2.17. The number of fused-ring (bicyclic) bond motifs is 4. The molecule has 0 amide bonds. The first-order valence-electron chi connectivity index (χ1n) is 6.22. The third kappa shape index (κ3) is 1.59. The molecule has 2 N–H and O–H groups in total. The third-order valence-corrected chi connectivity index (χ3v) is 3.25. The largest absolute Gasteiger partial charge is 0.486 e. The van der Waals surface area contributed by atoms with Gasteiger partial charge in [0.15, 0.2) is 11.5 Å². The van der Waals surface area contributed by atoms with Crippen molar-refractivity contribution in [3.05, 3.63) is 24.0 Å². The molecule has 7 heteroatoms. The van der Waals surface area contributed by atoms with Crippen LogP contribution in [0.2, 0.25) is 0 Å². The number of carbonyl (C=O) groups is 1. The van der Waals surface area contributed by atoms with Crippen LogP contribution in [0.4, 0.5) is 0 Å². The minimum atomic E-state index is -0.882. The summed E-state index contributed by atoms with van der Waals surface area (Å²) in [6.45, 7) is 1.06. The van der Waals surface area contributed by atoms with Gasteiger partial charge in [-0.15, -0.1) is 0 Å². The van der Waals surface area contributed by atoms with Gasteiger partial charge in [-0.05, 0) is 0 Å². The normalized spacial score (nSPS) is 14.0. The Morgan fingerprint density at radius 3 is 2.85 bits per heavy atom. The van der Waals surface area contributed by atoms with Crippen molar-refractivity contribution in [2.75, 3.05) is 13.2 Å². The SMILES string of the molecule is O=C(O)Cc1cn2c(nc3cc4c(cc32)OCCO4)[nH]1. The van der Waals surface area contributed by atoms with Crippen LogP contribution in [0.25, 0.3) is 16.8 Å². The minimum absolute atomic E-state index is 0.0601. The Morgan fingerprint density at radius 2 is 2.10 bits per heavy atom. The van der Waals surface area contributed by atoms with Gasteiger partial charge in [0.1, 0.15) is 13.2 Å². The van der Waals surface area contributed by atoms with E-state index in [0.29, 0.717) is 36.2 Å². The molecule has 0 fully saturated rings. The average Bonchev–Trinajstić information content (AvgIpc) is 2.92. The van der Waals surface area contributed by atoms with Crippen molar-refractivity contribution in [3.63, 3.8) is 0 Å². The van der Waals surface area contributed by atoms with Gasteiger partial charge < -0.3 is 19.6 Å². The molecule has 2 aromatic heterocycles. The lowest BCUT2D eigenvalue weighted by Gasteiger charge is -2.17. The fourth-order valence-corrected chi connectivity index (χ4v) is 2.44. The number of benzene rings is 1. The predicted octanol–water partition coefficient (Wildman–Crippen LogP) is 1.21. The number of aliphatic carboxylic acids is 1. The number of imidazole rings is 2. The van der Waals surface area contributed by atoms with Crippen LogP contribution in [-0.2, 0) is 11.2 Å². The molecule has 102 valence electrons. The Hall–Kier alpha value is -2.70. The first-order valence-corrected chi connectivity index (χ1v) is 6.22. The standard InChI is InChI=1S/C13H11N3O4/c17-12(18)3-7-6-16-9-5-11-10(19-1-2-20-11)4-8(9)15-13(16)14-7/h4-6H,1-3H2,(H,14,15)(H,17,18). The topological polar surface area (TPSA) is 88.8 Å². The molecule has 0 saturated heterocycles. The molecular weight excluding hydrogens is 262 g/mol. The lowest BCUT2D eigenvalue weighted by Crippen LogP contribution is -2.15. The van der Waals surface area contributed by atoms with Crippen molar-refractivity contribution in [1.82, 2.24) is 14.4 Å². The van der Waals surface area contributed by atoms with E-state index in [9.17, 15) is 4.79 Å². The van der Waals surface area contributed by atoms with Gasteiger partial charge in [0, 0.05) is 24.0 Å². The number of nitrogens with zero attached hydrogens (tertiary/aromatic N) is 2. The highest BCUT2D eigenvalue weighted by molar-refractivity contribution is 5.84. The highest BCUT2D eigenvalue weighted by Crippen LogP contribution is 2.34. The van der Waals surface area contributed by atoms with E-state index in [0.717, 1.165) is 11.0 Å². The zero-order chi connectivity index (χ0) is 13.7. The number of aromatic nitrogens is 3. The van der Waals surface area contributed by atoms with E-state index in [1.165, 1.54) is 0 Å². The predicted molar refractivity (Wildman–Crippen MR) is 69.4 cm³/mol. The van der Waals surface area contributed by atoms with Gasteiger partial charge in [0.25, 0.3) is 0 Å². The summed E-state index contributed by atoms with van der Waals surface area (Å²) >= 11 is 0. The second kappa shape index (κ2) is 3.89. The molecule has 7 nitrogen and oxygen atoms in total. The molecule has 4 rings (SSSR count). The van der Waals surface area contributed by atoms with Crippen LogP contribution in [0.1, 0.15) is 5.69 Å². The molecule has 1 aliphatic rings. The number of carboxylic acid groups (broad SMARTS) is 1. The average molecular weight is 273 g/mol. The fraction of sp³-hybridized carbons (Fsp3) is 0.231. The maximum absolute atomic E-state index is 10.7. The Balaban J connectivity index is 1.90. The van der Waals surface area contributed by atoms with Crippen LogP contribution in [0.15, 0.2) is 18.3 Å². The Labute approximate surface area is 112 Å². The van der Waals surface area contributed by atoms with Crippen LogP contribution >= 0.6 is 0 Å². The maximum atomic E-state index is 10.7. The molecule has 0 spiro atoms. The third-order valence-electron chi connectivity index (χ3n) is 3.25. The zero-order valence-electron chi connectivity index (χ0n) is 10.4. The number of aromatic amines is 1. The van der Waals surface area contributed by atoms with Crippen LogP contribution in [0.3, 0.4) is 0 Å². The summed E-state index contributed by atoms with van der Waals surface area (Å²) in [5.74, 6) is 1.10. The van der Waals surface area contributed by atoms with Crippen molar-refractivity contribution in [3.8, 4) is 11.5 Å². The number of H-pyrrole nitrogens is 1. The van der Waals surface area contributed by atoms with Crippen molar-refractivity contribution in [1.29, 1.82) is 0 Å². The van der Waals surface area contributed by atoms with E-state index in [1.54, 1.807) is 6.20 Å². The Morgan fingerprint density at radius 1 is 1.35 bits per heavy atom. The van der Waals surface area contributed by atoms with E-state index in [2.05, 4.69) is 9.97 Å². The monoisotopic (exact) mass is 273 g/mol. The minimum Gasteiger partial charge on any atom is -0.486 e. The molecule has 0 atom stereocenters. The molecule has 0 bridgehead atoms. The highest BCUT2D eigenvalue weighted by atomic mass is 16.6. The number of ether oxygens (including phenoxy) is 2. The zero-order valence-corrected chi connectivity index (χ0v) is 10.4. The highest BCUT2D eigenvalue weighted by Gasteiger charge is 2.17. The second-order valence-corrected chi connectivity index (χ2v) is 4.64. The second-order valence-electron chi connectivity index (χ2n) is 4.64. The van der Waals surface area contributed by atoms with Crippen molar-refractivity contribution in [2.45, 2.75) is 6.42 Å². The van der Waals surface area contributed by atoms with Gasteiger partial charge >= 0.3 is 5.97 Å². The molecule has 0 unspecified atom stereocenters. The smallest absolute Gasteiger partial charge is 0.309 e. The van der Waals surface area contributed by atoms with E-state index < -0.39 is 5.97 Å². The molecule has 3 heterocycles. The maximum Gasteiger partial charge on any atom is 0.309 e. The number of rotatable bonds is 2. The molecule has 1 aromatic carbocycles. The first kappa shape index (κ1) is 11.2. The van der Waals surface area contributed by atoms with Gasteiger partial charge in [-0.1, -0.05) is 0 Å². The summed E-state index contributed by atoms with van der Waals surface area (Å²) in [5.41, 5.74) is 2.25. The summed E-state index contributed by atoms with van der Waals surface area (Å²) in [7, 11) is 0.